The van der Waals surface area contributed by atoms with Gasteiger partial charge < -0.3 is 13.3 Å². The van der Waals surface area contributed by atoms with Crippen molar-refractivity contribution in [3.05, 3.63) is 0 Å². The van der Waals surface area contributed by atoms with E-state index in [-0.39, 0.29) is 6.10 Å². The second kappa shape index (κ2) is 8.06. The van der Waals surface area contributed by atoms with Gasteiger partial charge in [0, 0.05) is 20.3 Å². The van der Waals surface area contributed by atoms with Gasteiger partial charge >= 0.3 is 9.53 Å². The van der Waals surface area contributed by atoms with Crippen LogP contribution >= 0.6 is 12.6 Å². The van der Waals surface area contributed by atoms with Crippen molar-refractivity contribution in [2.75, 3.05) is 20.0 Å². The van der Waals surface area contributed by atoms with E-state index in [1.165, 1.54) is 0 Å². The highest BCUT2D eigenvalue weighted by atomic mass is 32.1. The molecule has 0 aromatic heterocycles. The third-order valence-electron chi connectivity index (χ3n) is 1.50. The SMILES string of the molecule is CO[SiH](OC)OC(C)CCCS. The molecule has 12 heavy (non-hydrogen) atoms. The van der Waals surface area contributed by atoms with E-state index in [2.05, 4.69) is 12.6 Å². The maximum absolute atomic E-state index is 5.51. The molecule has 0 heterocycles. The van der Waals surface area contributed by atoms with Gasteiger partial charge in [0.25, 0.3) is 0 Å². The van der Waals surface area contributed by atoms with Gasteiger partial charge in [-0.15, -0.1) is 0 Å². The molecule has 0 N–H and O–H groups in total. The molecule has 0 radical (unpaired) electrons. The van der Waals surface area contributed by atoms with Crippen LogP contribution in [0, 0.1) is 0 Å². The summed E-state index contributed by atoms with van der Waals surface area (Å²) in [6.45, 7) is 2.03. The van der Waals surface area contributed by atoms with E-state index in [9.17, 15) is 0 Å². The lowest BCUT2D eigenvalue weighted by Gasteiger charge is -2.17. The van der Waals surface area contributed by atoms with Gasteiger partial charge in [-0.1, -0.05) is 0 Å². The summed E-state index contributed by atoms with van der Waals surface area (Å²) in [5.41, 5.74) is 0. The highest BCUT2D eigenvalue weighted by Gasteiger charge is 2.14. The second-order valence-corrected chi connectivity index (χ2v) is 4.81. The highest BCUT2D eigenvalue weighted by molar-refractivity contribution is 7.80. The minimum Gasteiger partial charge on any atom is -0.379 e. The minimum atomic E-state index is -1.82. The smallest absolute Gasteiger partial charge is 0.379 e. The van der Waals surface area contributed by atoms with E-state index in [0.717, 1.165) is 18.6 Å². The van der Waals surface area contributed by atoms with E-state index < -0.39 is 9.53 Å². The zero-order valence-electron chi connectivity index (χ0n) is 7.95. The van der Waals surface area contributed by atoms with Crippen molar-refractivity contribution in [3.8, 4) is 0 Å². The Hall–Kier alpha value is 0.447. The number of hydrogen-bond donors (Lipinski definition) is 1. The first-order chi connectivity index (χ1) is 5.74. The fourth-order valence-electron chi connectivity index (χ4n) is 0.844. The quantitative estimate of drug-likeness (QED) is 0.504. The Morgan fingerprint density at radius 3 is 2.33 bits per heavy atom. The molecule has 0 fully saturated rings. The Balaban J connectivity index is 3.44. The lowest BCUT2D eigenvalue weighted by Crippen LogP contribution is -2.28. The molecular formula is C7H18O3SSi. The number of thiol groups is 1. The summed E-state index contributed by atoms with van der Waals surface area (Å²) in [5.74, 6) is 0.903. The average molecular weight is 210 g/mol. The summed E-state index contributed by atoms with van der Waals surface area (Å²) in [6, 6.07) is 0. The van der Waals surface area contributed by atoms with Crippen molar-refractivity contribution < 1.29 is 13.3 Å². The zero-order chi connectivity index (χ0) is 9.40. The van der Waals surface area contributed by atoms with Crippen LogP contribution in [0.1, 0.15) is 19.8 Å². The van der Waals surface area contributed by atoms with Crippen molar-refractivity contribution >= 4 is 22.2 Å². The fraction of sp³-hybridized carbons (Fsp3) is 1.00. The predicted octanol–water partition coefficient (Wildman–Crippen LogP) is 1.11. The molecule has 0 amide bonds. The minimum absolute atomic E-state index is 0.216. The third kappa shape index (κ3) is 6.02. The normalized spacial score (nSPS) is 13.8. The molecule has 0 aromatic carbocycles. The van der Waals surface area contributed by atoms with Crippen LogP contribution in [0.15, 0.2) is 0 Å². The monoisotopic (exact) mass is 210 g/mol. The van der Waals surface area contributed by atoms with Crippen LogP contribution in [0.3, 0.4) is 0 Å². The number of hydrogen-bond acceptors (Lipinski definition) is 4. The maximum atomic E-state index is 5.51. The molecule has 0 saturated carbocycles. The fourth-order valence-corrected chi connectivity index (χ4v) is 1.96. The Morgan fingerprint density at radius 1 is 1.33 bits per heavy atom. The second-order valence-electron chi connectivity index (χ2n) is 2.57. The Kier molecular flexibility index (Phi) is 8.36. The van der Waals surface area contributed by atoms with E-state index in [4.69, 9.17) is 13.3 Å². The molecule has 0 saturated heterocycles. The first-order valence-corrected chi connectivity index (χ1v) is 6.11. The summed E-state index contributed by atoms with van der Waals surface area (Å²) in [5, 5.41) is 0. The maximum Gasteiger partial charge on any atom is 0.483 e. The third-order valence-corrected chi connectivity index (χ3v) is 3.27. The molecule has 0 bridgehead atoms. The van der Waals surface area contributed by atoms with Gasteiger partial charge in [-0.25, -0.2) is 0 Å². The lowest BCUT2D eigenvalue weighted by atomic mass is 10.2. The first kappa shape index (κ1) is 12.4. The largest absolute Gasteiger partial charge is 0.483 e. The molecule has 3 nitrogen and oxygen atoms in total. The Morgan fingerprint density at radius 2 is 1.92 bits per heavy atom. The summed E-state index contributed by atoms with van der Waals surface area (Å²) in [4.78, 5) is 0. The van der Waals surface area contributed by atoms with Gasteiger partial charge in [0.15, 0.2) is 0 Å². The molecule has 0 aromatic rings. The summed E-state index contributed by atoms with van der Waals surface area (Å²) < 4.78 is 15.6. The highest BCUT2D eigenvalue weighted by Crippen LogP contribution is 2.04. The van der Waals surface area contributed by atoms with Gasteiger partial charge in [-0.05, 0) is 25.5 Å². The summed E-state index contributed by atoms with van der Waals surface area (Å²) >= 11 is 4.12. The molecule has 0 spiro atoms. The Labute approximate surface area is 81.8 Å². The van der Waals surface area contributed by atoms with Crippen LogP contribution in [0.25, 0.3) is 0 Å². The molecule has 74 valence electrons. The van der Waals surface area contributed by atoms with E-state index in [1.54, 1.807) is 14.2 Å². The van der Waals surface area contributed by atoms with Crippen LogP contribution in [-0.2, 0) is 13.3 Å². The molecule has 1 unspecified atom stereocenters. The standard InChI is InChI=1S/C7H18O3SSi/c1-7(5-4-6-11)10-12(8-2)9-3/h7,11-12H,4-6H2,1-3H3. The van der Waals surface area contributed by atoms with Crippen LogP contribution < -0.4 is 0 Å². The van der Waals surface area contributed by atoms with Crippen molar-refractivity contribution in [1.29, 1.82) is 0 Å². The van der Waals surface area contributed by atoms with Gasteiger partial charge in [0.1, 0.15) is 0 Å². The molecule has 0 aliphatic carbocycles. The number of rotatable bonds is 7. The van der Waals surface area contributed by atoms with Gasteiger partial charge in [0.2, 0.25) is 0 Å². The molecule has 0 rings (SSSR count). The van der Waals surface area contributed by atoms with Crippen molar-refractivity contribution in [1.82, 2.24) is 0 Å². The topological polar surface area (TPSA) is 27.7 Å². The molecule has 0 aliphatic heterocycles. The van der Waals surface area contributed by atoms with E-state index in [1.807, 2.05) is 6.92 Å². The van der Waals surface area contributed by atoms with E-state index in [0.29, 0.717) is 0 Å². The van der Waals surface area contributed by atoms with Crippen LogP contribution in [0.2, 0.25) is 0 Å². The lowest BCUT2D eigenvalue weighted by molar-refractivity contribution is 0.0905. The zero-order valence-corrected chi connectivity index (χ0v) is 10.00. The van der Waals surface area contributed by atoms with Crippen molar-refractivity contribution in [2.24, 2.45) is 0 Å². The van der Waals surface area contributed by atoms with Gasteiger partial charge in [-0.3, -0.25) is 0 Å². The molecule has 0 aliphatic rings. The predicted molar refractivity (Wildman–Crippen MR) is 54.8 cm³/mol. The molecule has 1 atom stereocenters. The first-order valence-electron chi connectivity index (χ1n) is 4.06. The van der Waals surface area contributed by atoms with Crippen LogP contribution in [0.4, 0.5) is 0 Å². The van der Waals surface area contributed by atoms with Crippen LogP contribution in [0.5, 0.6) is 0 Å². The Bertz CT molecular complexity index is 101. The van der Waals surface area contributed by atoms with Crippen molar-refractivity contribution in [3.63, 3.8) is 0 Å². The van der Waals surface area contributed by atoms with Gasteiger partial charge in [0.05, 0.1) is 0 Å². The summed E-state index contributed by atoms with van der Waals surface area (Å²) in [6.07, 6.45) is 2.30. The summed E-state index contributed by atoms with van der Waals surface area (Å²) in [7, 11) is 1.42. The molecular weight excluding hydrogens is 192 g/mol. The van der Waals surface area contributed by atoms with Crippen LogP contribution in [-0.4, -0.2) is 35.6 Å². The van der Waals surface area contributed by atoms with Crippen molar-refractivity contribution in [2.45, 2.75) is 25.9 Å². The van der Waals surface area contributed by atoms with Gasteiger partial charge in [-0.2, -0.15) is 12.6 Å². The average Bonchev–Trinajstić information content (AvgIpc) is 2.10. The molecule has 5 heteroatoms. The van der Waals surface area contributed by atoms with E-state index >= 15 is 0 Å².